The molecule has 2 heterocycles. The van der Waals surface area contributed by atoms with E-state index in [-0.39, 0.29) is 13.2 Å². The monoisotopic (exact) mass is 394 g/mol. The second kappa shape index (κ2) is 7.72. The first-order chi connectivity index (χ1) is 13.1. The average Bonchev–Trinajstić information content (AvgIpc) is 3.09. The van der Waals surface area contributed by atoms with Gasteiger partial charge < -0.3 is 28.8 Å². The summed E-state index contributed by atoms with van der Waals surface area (Å²) >= 11 is 0. The molecule has 7 nitrogen and oxygen atoms in total. The van der Waals surface area contributed by atoms with Gasteiger partial charge in [-0.25, -0.2) is 0 Å². The SMILES string of the molecule is CCOC(=O)C(C)(C)C1(O)O[C@H](COCc2ccccc2)[C@H]2OC(C)(C)O[C@H]21. The van der Waals surface area contributed by atoms with E-state index in [1.165, 1.54) is 0 Å². The Morgan fingerprint density at radius 1 is 1.18 bits per heavy atom. The van der Waals surface area contributed by atoms with Crippen LogP contribution in [0, 0.1) is 5.41 Å². The van der Waals surface area contributed by atoms with E-state index in [1.54, 1.807) is 34.6 Å². The summed E-state index contributed by atoms with van der Waals surface area (Å²) in [5.41, 5.74) is -0.327. The molecule has 2 aliphatic heterocycles. The zero-order valence-electron chi connectivity index (χ0n) is 17.1. The zero-order valence-corrected chi connectivity index (χ0v) is 17.1. The van der Waals surface area contributed by atoms with E-state index >= 15 is 0 Å². The summed E-state index contributed by atoms with van der Waals surface area (Å²) < 4.78 is 28.8. The number of rotatable bonds is 7. The molecule has 28 heavy (non-hydrogen) atoms. The Hall–Kier alpha value is -1.51. The van der Waals surface area contributed by atoms with E-state index in [4.69, 9.17) is 23.7 Å². The molecule has 0 aromatic heterocycles. The van der Waals surface area contributed by atoms with Crippen molar-refractivity contribution >= 4 is 5.97 Å². The molecule has 1 N–H and O–H groups in total. The molecule has 1 unspecified atom stereocenters. The van der Waals surface area contributed by atoms with Crippen molar-refractivity contribution in [2.45, 2.75) is 71.1 Å². The summed E-state index contributed by atoms with van der Waals surface area (Å²) in [6, 6.07) is 9.76. The molecule has 2 fully saturated rings. The number of hydrogen-bond donors (Lipinski definition) is 1. The van der Waals surface area contributed by atoms with Crippen molar-refractivity contribution in [2.24, 2.45) is 5.41 Å². The van der Waals surface area contributed by atoms with Crippen molar-refractivity contribution in [3.63, 3.8) is 0 Å². The molecule has 0 aliphatic carbocycles. The number of esters is 1. The molecule has 1 aromatic rings. The molecule has 2 saturated heterocycles. The van der Waals surface area contributed by atoms with Gasteiger partial charge in [0.05, 0.1) is 19.8 Å². The number of carbonyl (C=O) groups excluding carboxylic acids is 1. The third-order valence-corrected chi connectivity index (χ3v) is 5.29. The fourth-order valence-electron chi connectivity index (χ4n) is 3.69. The summed E-state index contributed by atoms with van der Waals surface area (Å²) in [7, 11) is 0. The molecular formula is C21H30O7. The second-order valence-electron chi connectivity index (χ2n) is 8.22. The molecule has 0 saturated carbocycles. The molecule has 0 spiro atoms. The van der Waals surface area contributed by atoms with Crippen LogP contribution in [-0.2, 0) is 35.1 Å². The standard InChI is InChI=1S/C21H30O7/c1-6-25-18(22)19(2,3)21(23)17-16(27-20(4,5)28-17)15(26-21)13-24-12-14-10-8-7-9-11-14/h7-11,15-17,23H,6,12-13H2,1-5H3/t15-,16-,17-,21?/m1/s1. The van der Waals surface area contributed by atoms with Gasteiger partial charge in [0.25, 0.3) is 0 Å². The van der Waals surface area contributed by atoms with E-state index in [0.29, 0.717) is 6.61 Å². The van der Waals surface area contributed by atoms with Crippen molar-refractivity contribution in [1.29, 1.82) is 0 Å². The van der Waals surface area contributed by atoms with Crippen molar-refractivity contribution in [3.05, 3.63) is 35.9 Å². The quantitative estimate of drug-likeness (QED) is 0.711. The van der Waals surface area contributed by atoms with Crippen LogP contribution >= 0.6 is 0 Å². The molecular weight excluding hydrogens is 364 g/mol. The normalized spacial score (nSPS) is 31.6. The van der Waals surface area contributed by atoms with Crippen molar-refractivity contribution < 1.29 is 33.6 Å². The molecule has 156 valence electrons. The van der Waals surface area contributed by atoms with Crippen molar-refractivity contribution in [2.75, 3.05) is 13.2 Å². The van der Waals surface area contributed by atoms with Crippen LogP contribution in [0.2, 0.25) is 0 Å². The highest BCUT2D eigenvalue weighted by Gasteiger charge is 2.69. The highest BCUT2D eigenvalue weighted by Crippen LogP contribution is 2.50. The predicted molar refractivity (Wildman–Crippen MR) is 100 cm³/mol. The summed E-state index contributed by atoms with van der Waals surface area (Å²) in [4.78, 5) is 12.5. The third-order valence-electron chi connectivity index (χ3n) is 5.29. The summed E-state index contributed by atoms with van der Waals surface area (Å²) in [6.45, 7) is 9.23. The number of benzene rings is 1. The van der Waals surface area contributed by atoms with Crippen LogP contribution < -0.4 is 0 Å². The Morgan fingerprint density at radius 3 is 2.50 bits per heavy atom. The van der Waals surface area contributed by atoms with Gasteiger partial charge in [-0.3, -0.25) is 4.79 Å². The predicted octanol–water partition coefficient (Wildman–Crippen LogP) is 2.40. The maximum absolute atomic E-state index is 12.5. The Balaban J connectivity index is 1.76. The Morgan fingerprint density at radius 2 is 1.86 bits per heavy atom. The first-order valence-electron chi connectivity index (χ1n) is 9.65. The Bertz CT molecular complexity index is 687. The van der Waals surface area contributed by atoms with E-state index in [2.05, 4.69) is 0 Å². The van der Waals surface area contributed by atoms with Crippen LogP contribution in [0.5, 0.6) is 0 Å². The van der Waals surface area contributed by atoms with Crippen molar-refractivity contribution in [3.8, 4) is 0 Å². The fraction of sp³-hybridized carbons (Fsp3) is 0.667. The molecule has 2 aliphatic rings. The minimum atomic E-state index is -1.90. The van der Waals surface area contributed by atoms with Gasteiger partial charge in [0.1, 0.15) is 23.7 Å². The van der Waals surface area contributed by atoms with Gasteiger partial charge in [-0.2, -0.15) is 0 Å². The molecule has 0 radical (unpaired) electrons. The lowest BCUT2D eigenvalue weighted by Gasteiger charge is -2.40. The minimum Gasteiger partial charge on any atom is -0.465 e. The molecule has 4 atom stereocenters. The molecule has 0 bridgehead atoms. The van der Waals surface area contributed by atoms with Crippen LogP contribution in [0.3, 0.4) is 0 Å². The summed E-state index contributed by atoms with van der Waals surface area (Å²) in [5.74, 6) is -3.37. The third kappa shape index (κ3) is 3.82. The highest BCUT2D eigenvalue weighted by molar-refractivity contribution is 5.77. The molecule has 0 amide bonds. The first-order valence-corrected chi connectivity index (χ1v) is 9.65. The average molecular weight is 394 g/mol. The number of hydrogen-bond acceptors (Lipinski definition) is 7. The van der Waals surface area contributed by atoms with Crippen LogP contribution in [0.1, 0.15) is 40.2 Å². The number of fused-ring (bicyclic) bond motifs is 1. The van der Waals surface area contributed by atoms with E-state index in [9.17, 15) is 9.90 Å². The van der Waals surface area contributed by atoms with Gasteiger partial charge in [0.2, 0.25) is 5.79 Å². The van der Waals surface area contributed by atoms with Crippen LogP contribution in [0.25, 0.3) is 0 Å². The van der Waals surface area contributed by atoms with E-state index in [0.717, 1.165) is 5.56 Å². The zero-order chi connectivity index (χ0) is 20.6. The summed E-state index contributed by atoms with van der Waals surface area (Å²) in [6.07, 6.45) is -1.99. The van der Waals surface area contributed by atoms with Crippen LogP contribution in [0.15, 0.2) is 30.3 Å². The van der Waals surface area contributed by atoms with Crippen molar-refractivity contribution in [1.82, 2.24) is 0 Å². The lowest BCUT2D eigenvalue weighted by atomic mass is 9.79. The van der Waals surface area contributed by atoms with Gasteiger partial charge >= 0.3 is 5.97 Å². The number of carbonyl (C=O) groups is 1. The lowest BCUT2D eigenvalue weighted by molar-refractivity contribution is -0.314. The number of aliphatic hydroxyl groups is 1. The minimum absolute atomic E-state index is 0.191. The Labute approximate surface area is 165 Å². The van der Waals surface area contributed by atoms with E-state index < -0.39 is 41.3 Å². The van der Waals surface area contributed by atoms with Gasteiger partial charge in [-0.05, 0) is 40.2 Å². The molecule has 7 heteroatoms. The van der Waals surface area contributed by atoms with Crippen LogP contribution in [0.4, 0.5) is 0 Å². The van der Waals surface area contributed by atoms with Gasteiger partial charge in [-0.1, -0.05) is 30.3 Å². The largest absolute Gasteiger partial charge is 0.465 e. The van der Waals surface area contributed by atoms with E-state index in [1.807, 2.05) is 30.3 Å². The maximum atomic E-state index is 12.5. The van der Waals surface area contributed by atoms with Crippen LogP contribution in [-0.4, -0.2) is 54.2 Å². The molecule has 1 aromatic carbocycles. The summed E-state index contributed by atoms with van der Waals surface area (Å²) in [5, 5.41) is 11.4. The Kier molecular flexibility index (Phi) is 5.85. The lowest BCUT2D eigenvalue weighted by Crippen LogP contribution is -2.58. The first kappa shape index (κ1) is 21.2. The molecule has 3 rings (SSSR count). The maximum Gasteiger partial charge on any atom is 0.317 e. The van der Waals surface area contributed by atoms with Gasteiger partial charge in [0, 0.05) is 0 Å². The number of ether oxygens (including phenoxy) is 5. The second-order valence-corrected chi connectivity index (χ2v) is 8.22. The highest BCUT2D eigenvalue weighted by atomic mass is 16.8. The van der Waals surface area contributed by atoms with Gasteiger partial charge in [0.15, 0.2) is 5.79 Å². The fourth-order valence-corrected chi connectivity index (χ4v) is 3.69. The smallest absolute Gasteiger partial charge is 0.317 e. The topological polar surface area (TPSA) is 83.5 Å². The van der Waals surface area contributed by atoms with Gasteiger partial charge in [-0.15, -0.1) is 0 Å².